The van der Waals surface area contributed by atoms with Gasteiger partial charge < -0.3 is 14.7 Å². The lowest BCUT2D eigenvalue weighted by Gasteiger charge is -2.60. The monoisotopic (exact) mass is 518 g/mol. The summed E-state index contributed by atoms with van der Waals surface area (Å²) in [5.41, 5.74) is 4.47. The Balaban J connectivity index is 1.19. The summed E-state index contributed by atoms with van der Waals surface area (Å²) in [4.78, 5) is 17.6. The molecule has 2 aliphatic heterocycles. The highest BCUT2D eigenvalue weighted by molar-refractivity contribution is 5.94. The van der Waals surface area contributed by atoms with Crippen LogP contribution in [0.25, 0.3) is 0 Å². The van der Waals surface area contributed by atoms with Gasteiger partial charge in [0.2, 0.25) is 0 Å². The molecule has 6 atom stereocenters. The minimum atomic E-state index is -0.508. The molecule has 1 saturated carbocycles. The first kappa shape index (κ1) is 24.5. The van der Waals surface area contributed by atoms with E-state index >= 15 is 0 Å². The molecule has 2 heterocycles. The highest BCUT2D eigenvalue weighted by Gasteiger charge is 2.66. The van der Waals surface area contributed by atoms with Crippen LogP contribution in [-0.4, -0.2) is 59.1 Å². The molecule has 0 radical (unpaired) electrons. The molecular weight excluding hydrogens is 484 g/mol. The maximum atomic E-state index is 13.3. The number of benzene rings is 3. The van der Waals surface area contributed by atoms with Crippen LogP contribution >= 0.6 is 0 Å². The van der Waals surface area contributed by atoms with Gasteiger partial charge in [-0.15, -0.1) is 0 Å². The number of hydrogen-bond acceptors (Lipinski definition) is 4. The molecule has 5 nitrogen and oxygen atoms in total. The molecule has 1 saturated heterocycles. The zero-order valence-corrected chi connectivity index (χ0v) is 22.3. The fourth-order valence-corrected chi connectivity index (χ4v) is 8.08. The van der Waals surface area contributed by atoms with E-state index < -0.39 is 6.10 Å². The van der Waals surface area contributed by atoms with Gasteiger partial charge in [0.05, 0.1) is 12.1 Å². The molecule has 39 heavy (non-hydrogen) atoms. The first-order chi connectivity index (χ1) is 19.1. The second-order valence-corrected chi connectivity index (χ2v) is 11.6. The summed E-state index contributed by atoms with van der Waals surface area (Å²) in [6.07, 6.45) is 3.29. The summed E-state index contributed by atoms with van der Waals surface area (Å²) in [5.74, 6) is 7.19. The van der Waals surface area contributed by atoms with Gasteiger partial charge in [-0.05, 0) is 67.5 Å². The molecule has 2 aliphatic carbocycles. The van der Waals surface area contributed by atoms with Crippen LogP contribution in [0.4, 0.5) is 0 Å². The lowest BCUT2D eigenvalue weighted by Crippen LogP contribution is -2.69. The number of hydrogen-bond donors (Lipinski definition) is 1. The van der Waals surface area contributed by atoms with Crippen LogP contribution in [0, 0.1) is 17.8 Å². The van der Waals surface area contributed by atoms with Crippen molar-refractivity contribution >= 4 is 5.91 Å². The number of nitrogens with zero attached hydrogens (tertiary/aromatic N) is 2. The highest BCUT2D eigenvalue weighted by Crippen LogP contribution is 2.62. The van der Waals surface area contributed by atoms with Gasteiger partial charge in [0.25, 0.3) is 5.91 Å². The lowest BCUT2D eigenvalue weighted by molar-refractivity contribution is -0.134. The Hall–Kier alpha value is -3.59. The standard InChI is InChI=1S/C34H34N2O3/c1-35(31(38)18-15-23-9-4-2-5-10-23)27-17-16-26-28-21-25-13-8-14-30-32(25)34(26,33(27)39-30)19-20-36(28)22-29(37)24-11-6-3-7-12-24/h2-14,26-29,33,37H,16-17,19-22H2,1H3/t26-,27+,28+,29?,33-,34-/m0/s1. The van der Waals surface area contributed by atoms with Crippen LogP contribution in [0.2, 0.25) is 0 Å². The Kier molecular flexibility index (Phi) is 5.99. The summed E-state index contributed by atoms with van der Waals surface area (Å²) in [5, 5.41) is 11.1. The minimum Gasteiger partial charge on any atom is -0.487 e. The van der Waals surface area contributed by atoms with Gasteiger partial charge in [-0.25, -0.2) is 0 Å². The van der Waals surface area contributed by atoms with E-state index in [0.717, 1.165) is 49.1 Å². The molecule has 7 rings (SSSR count). The number of β-amino-alcohol motifs (C(OH)–C–C–N with tert-alkyl or cyclic N) is 1. The maximum Gasteiger partial charge on any atom is 0.298 e. The molecule has 3 aromatic carbocycles. The molecule has 0 aromatic heterocycles. The van der Waals surface area contributed by atoms with Gasteiger partial charge in [0.1, 0.15) is 11.9 Å². The van der Waals surface area contributed by atoms with E-state index in [2.05, 4.69) is 34.9 Å². The summed E-state index contributed by atoms with van der Waals surface area (Å²) in [6, 6.07) is 26.5. The number of likely N-dealkylation sites (tertiary alicyclic amines) is 1. The van der Waals surface area contributed by atoms with Crippen LogP contribution < -0.4 is 4.74 Å². The number of piperidine rings is 1. The zero-order chi connectivity index (χ0) is 26.6. The van der Waals surface area contributed by atoms with Crippen molar-refractivity contribution in [3.8, 4) is 17.6 Å². The first-order valence-corrected chi connectivity index (χ1v) is 14.2. The molecule has 1 unspecified atom stereocenters. The summed E-state index contributed by atoms with van der Waals surface area (Å²) in [6.45, 7) is 1.55. The van der Waals surface area contributed by atoms with Gasteiger partial charge >= 0.3 is 0 Å². The van der Waals surface area contributed by atoms with Gasteiger partial charge in [0.15, 0.2) is 0 Å². The Morgan fingerprint density at radius 1 is 1.08 bits per heavy atom. The highest BCUT2D eigenvalue weighted by atomic mass is 16.5. The van der Waals surface area contributed by atoms with Gasteiger partial charge in [-0.1, -0.05) is 66.6 Å². The second kappa shape index (κ2) is 9.55. The predicted molar refractivity (Wildman–Crippen MR) is 150 cm³/mol. The molecule has 3 aromatic rings. The van der Waals surface area contributed by atoms with Crippen molar-refractivity contribution in [2.24, 2.45) is 5.92 Å². The fourth-order valence-electron chi connectivity index (χ4n) is 8.08. The number of aliphatic hydroxyl groups is 1. The van der Waals surface area contributed by atoms with E-state index in [1.54, 1.807) is 0 Å². The largest absolute Gasteiger partial charge is 0.487 e. The number of ether oxygens (including phenoxy) is 1. The SMILES string of the molecule is CN(C(=O)C#Cc1ccccc1)[C@@H]1CC[C@H]2[C@H]3Cc4cccc5c4[C@@]2(CCN3CC(O)c2ccccc2)[C@H]1O5. The molecule has 198 valence electrons. The number of carbonyl (C=O) groups is 1. The third kappa shape index (κ3) is 3.89. The van der Waals surface area contributed by atoms with Crippen LogP contribution in [-0.2, 0) is 16.6 Å². The third-order valence-corrected chi connectivity index (χ3v) is 9.80. The number of likely N-dealkylation sites (N-methyl/N-ethyl adjacent to an activating group) is 1. The van der Waals surface area contributed by atoms with Crippen molar-refractivity contribution in [3.05, 3.63) is 101 Å². The quantitative estimate of drug-likeness (QED) is 0.523. The van der Waals surface area contributed by atoms with E-state index in [1.165, 1.54) is 11.1 Å². The van der Waals surface area contributed by atoms with E-state index in [9.17, 15) is 9.90 Å². The van der Waals surface area contributed by atoms with Crippen molar-refractivity contribution < 1.29 is 14.6 Å². The number of carbonyl (C=O) groups excluding carboxylic acids is 1. The van der Waals surface area contributed by atoms with Crippen LogP contribution in [0.15, 0.2) is 78.9 Å². The van der Waals surface area contributed by atoms with Gasteiger partial charge in [-0.2, -0.15) is 0 Å². The molecule has 2 fully saturated rings. The van der Waals surface area contributed by atoms with Crippen molar-refractivity contribution in [2.75, 3.05) is 20.1 Å². The Morgan fingerprint density at radius 3 is 2.64 bits per heavy atom. The van der Waals surface area contributed by atoms with Crippen molar-refractivity contribution in [1.82, 2.24) is 9.80 Å². The van der Waals surface area contributed by atoms with Crippen LogP contribution in [0.3, 0.4) is 0 Å². The minimum absolute atomic E-state index is 0.0284. The van der Waals surface area contributed by atoms with E-state index in [-0.39, 0.29) is 23.5 Å². The first-order valence-electron chi connectivity index (χ1n) is 14.2. The molecule has 1 amide bonds. The van der Waals surface area contributed by atoms with Crippen molar-refractivity contribution in [2.45, 2.75) is 55.4 Å². The van der Waals surface area contributed by atoms with E-state index in [1.807, 2.05) is 72.6 Å². The topological polar surface area (TPSA) is 53.0 Å². The summed E-state index contributed by atoms with van der Waals surface area (Å²) in [7, 11) is 1.89. The van der Waals surface area contributed by atoms with Gasteiger partial charge in [-0.3, -0.25) is 9.69 Å². The molecule has 1 spiro atoms. The third-order valence-electron chi connectivity index (χ3n) is 9.80. The molecule has 2 bridgehead atoms. The van der Waals surface area contributed by atoms with E-state index in [4.69, 9.17) is 4.74 Å². The van der Waals surface area contributed by atoms with Gasteiger partial charge in [0, 0.05) is 42.1 Å². The zero-order valence-electron chi connectivity index (χ0n) is 22.3. The predicted octanol–water partition coefficient (Wildman–Crippen LogP) is 4.34. The Morgan fingerprint density at radius 2 is 1.85 bits per heavy atom. The summed E-state index contributed by atoms with van der Waals surface area (Å²) < 4.78 is 6.80. The van der Waals surface area contributed by atoms with Crippen LogP contribution in [0.5, 0.6) is 5.75 Å². The number of aliphatic hydroxyl groups excluding tert-OH is 1. The average Bonchev–Trinajstić information content (AvgIpc) is 3.32. The Bertz CT molecular complexity index is 1450. The number of amides is 1. The lowest BCUT2D eigenvalue weighted by atomic mass is 9.51. The van der Waals surface area contributed by atoms with Crippen LogP contribution in [0.1, 0.15) is 47.6 Å². The molecule has 5 heteroatoms. The summed E-state index contributed by atoms with van der Waals surface area (Å²) >= 11 is 0. The molecular formula is C34H34N2O3. The Labute approximate surface area is 230 Å². The maximum absolute atomic E-state index is 13.3. The normalized spacial score (nSPS) is 28.9. The van der Waals surface area contributed by atoms with Crippen molar-refractivity contribution in [1.29, 1.82) is 0 Å². The second-order valence-electron chi connectivity index (χ2n) is 11.6. The van der Waals surface area contributed by atoms with Crippen molar-refractivity contribution in [3.63, 3.8) is 0 Å². The number of rotatable bonds is 4. The average molecular weight is 519 g/mol. The smallest absolute Gasteiger partial charge is 0.298 e. The fraction of sp³-hybridized carbons (Fsp3) is 0.382. The van der Waals surface area contributed by atoms with E-state index in [0.29, 0.717) is 18.5 Å². The molecule has 1 N–H and O–H groups in total. The molecule has 4 aliphatic rings.